The van der Waals surface area contributed by atoms with Gasteiger partial charge in [0.2, 0.25) is 15.7 Å². The average molecular weight is 318 g/mol. The van der Waals surface area contributed by atoms with E-state index >= 15 is 0 Å². The minimum absolute atomic E-state index is 0.0893. The second kappa shape index (κ2) is 6.70. The van der Waals surface area contributed by atoms with E-state index < -0.39 is 21.0 Å². The zero-order valence-corrected chi connectivity index (χ0v) is 13.3. The molecule has 0 spiro atoms. The maximum absolute atomic E-state index is 12.3. The van der Waals surface area contributed by atoms with Crippen LogP contribution in [0.15, 0.2) is 53.7 Å². The lowest BCUT2D eigenvalue weighted by atomic mass is 10.1. The summed E-state index contributed by atoms with van der Waals surface area (Å²) in [7, 11) is -3.78. The standard InChI is InChI=1S/C16H18N2O3S/c1-12-7-3-4-8-14(12)11-18-16(19)13(2)22(20,21)15-9-5-6-10-17-15/h3-10,13H,11H2,1-2H3,(H,18,19). The van der Waals surface area contributed by atoms with Gasteiger partial charge in [-0.25, -0.2) is 13.4 Å². The summed E-state index contributed by atoms with van der Waals surface area (Å²) >= 11 is 0. The van der Waals surface area contributed by atoms with Gasteiger partial charge in [-0.3, -0.25) is 4.79 Å². The Hall–Kier alpha value is -2.21. The fourth-order valence-electron chi connectivity index (χ4n) is 1.97. The third-order valence-electron chi connectivity index (χ3n) is 3.48. The van der Waals surface area contributed by atoms with Gasteiger partial charge in [-0.1, -0.05) is 30.3 Å². The molecule has 0 aliphatic rings. The van der Waals surface area contributed by atoms with Crippen LogP contribution in [0.2, 0.25) is 0 Å². The van der Waals surface area contributed by atoms with E-state index in [4.69, 9.17) is 0 Å². The van der Waals surface area contributed by atoms with Gasteiger partial charge in [0, 0.05) is 12.7 Å². The van der Waals surface area contributed by atoms with E-state index in [9.17, 15) is 13.2 Å². The van der Waals surface area contributed by atoms with Crippen LogP contribution >= 0.6 is 0 Å². The molecule has 6 heteroatoms. The maximum atomic E-state index is 12.3. The number of nitrogens with one attached hydrogen (secondary N) is 1. The second-order valence-electron chi connectivity index (χ2n) is 5.00. The molecular formula is C16H18N2O3S. The second-order valence-corrected chi connectivity index (χ2v) is 7.21. The van der Waals surface area contributed by atoms with Gasteiger partial charge >= 0.3 is 0 Å². The van der Waals surface area contributed by atoms with Gasteiger partial charge in [-0.05, 0) is 37.1 Å². The number of aryl methyl sites for hydroxylation is 1. The molecule has 22 heavy (non-hydrogen) atoms. The van der Waals surface area contributed by atoms with Crippen LogP contribution < -0.4 is 5.32 Å². The zero-order valence-electron chi connectivity index (χ0n) is 12.5. The molecule has 0 radical (unpaired) electrons. The smallest absolute Gasteiger partial charge is 0.238 e. The summed E-state index contributed by atoms with van der Waals surface area (Å²) in [4.78, 5) is 15.9. The van der Waals surface area contributed by atoms with Crippen LogP contribution in [0.4, 0.5) is 0 Å². The monoisotopic (exact) mass is 318 g/mol. The molecule has 1 aromatic carbocycles. The van der Waals surface area contributed by atoms with E-state index in [1.54, 1.807) is 12.1 Å². The number of amides is 1. The van der Waals surface area contributed by atoms with E-state index in [0.717, 1.165) is 11.1 Å². The highest BCUT2D eigenvalue weighted by Crippen LogP contribution is 2.13. The number of sulfone groups is 1. The van der Waals surface area contributed by atoms with Crippen LogP contribution in [-0.2, 0) is 21.2 Å². The van der Waals surface area contributed by atoms with Gasteiger partial charge in [-0.15, -0.1) is 0 Å². The van der Waals surface area contributed by atoms with Crippen molar-refractivity contribution in [1.29, 1.82) is 0 Å². The lowest BCUT2D eigenvalue weighted by Crippen LogP contribution is -2.37. The van der Waals surface area contributed by atoms with Crippen molar-refractivity contribution >= 4 is 15.7 Å². The summed E-state index contributed by atoms with van der Waals surface area (Å²) in [5, 5.41) is 1.39. The van der Waals surface area contributed by atoms with Crippen molar-refractivity contribution in [2.24, 2.45) is 0 Å². The molecule has 1 N–H and O–H groups in total. The Kier molecular flexibility index (Phi) is 4.92. The molecule has 0 fully saturated rings. The average Bonchev–Trinajstić information content (AvgIpc) is 2.54. The minimum atomic E-state index is -3.78. The molecule has 2 rings (SSSR count). The van der Waals surface area contributed by atoms with Crippen LogP contribution in [0, 0.1) is 6.92 Å². The number of benzene rings is 1. The first-order valence-corrected chi connectivity index (χ1v) is 8.44. The minimum Gasteiger partial charge on any atom is -0.351 e. The quantitative estimate of drug-likeness (QED) is 0.913. The van der Waals surface area contributed by atoms with Crippen LogP contribution in [0.3, 0.4) is 0 Å². The molecular weight excluding hydrogens is 300 g/mol. The normalized spacial score (nSPS) is 12.6. The van der Waals surface area contributed by atoms with E-state index in [1.165, 1.54) is 19.2 Å². The first-order chi connectivity index (χ1) is 10.4. The fraction of sp³-hybridized carbons (Fsp3) is 0.250. The summed E-state index contributed by atoms with van der Waals surface area (Å²) < 4.78 is 24.7. The van der Waals surface area contributed by atoms with Crippen molar-refractivity contribution in [3.05, 3.63) is 59.8 Å². The lowest BCUT2D eigenvalue weighted by Gasteiger charge is -2.13. The summed E-state index contributed by atoms with van der Waals surface area (Å²) in [6.45, 7) is 3.61. The number of carbonyl (C=O) groups excluding carboxylic acids is 1. The van der Waals surface area contributed by atoms with Crippen LogP contribution in [0.25, 0.3) is 0 Å². The highest BCUT2D eigenvalue weighted by atomic mass is 32.2. The Morgan fingerprint density at radius 3 is 2.50 bits per heavy atom. The zero-order chi connectivity index (χ0) is 16.2. The first kappa shape index (κ1) is 16.2. The number of aromatic nitrogens is 1. The van der Waals surface area contributed by atoms with E-state index in [2.05, 4.69) is 10.3 Å². The number of hydrogen-bond acceptors (Lipinski definition) is 4. The van der Waals surface area contributed by atoms with Crippen molar-refractivity contribution in [3.63, 3.8) is 0 Å². The molecule has 0 aliphatic heterocycles. The molecule has 116 valence electrons. The molecule has 5 nitrogen and oxygen atoms in total. The van der Waals surface area contributed by atoms with Gasteiger partial charge in [0.05, 0.1) is 0 Å². The SMILES string of the molecule is Cc1ccccc1CNC(=O)C(C)S(=O)(=O)c1ccccn1. The molecule has 2 aromatic rings. The fourth-order valence-corrected chi connectivity index (χ4v) is 3.18. The van der Waals surface area contributed by atoms with Gasteiger partial charge in [0.25, 0.3) is 0 Å². The van der Waals surface area contributed by atoms with E-state index in [0.29, 0.717) is 6.54 Å². The molecule has 0 aliphatic carbocycles. The number of pyridine rings is 1. The Labute approximate surface area is 130 Å². The van der Waals surface area contributed by atoms with Gasteiger partial charge in [-0.2, -0.15) is 0 Å². The molecule has 0 saturated heterocycles. The van der Waals surface area contributed by atoms with Crippen molar-refractivity contribution in [2.75, 3.05) is 0 Å². The molecule has 1 atom stereocenters. The third kappa shape index (κ3) is 3.51. The summed E-state index contributed by atoms with van der Waals surface area (Å²) in [5.74, 6) is -0.533. The van der Waals surface area contributed by atoms with Gasteiger partial charge < -0.3 is 5.32 Å². The van der Waals surface area contributed by atoms with Crippen LogP contribution in [-0.4, -0.2) is 24.6 Å². The summed E-state index contributed by atoms with van der Waals surface area (Å²) in [5.41, 5.74) is 2.00. The number of rotatable bonds is 5. The van der Waals surface area contributed by atoms with Crippen molar-refractivity contribution < 1.29 is 13.2 Å². The number of nitrogens with zero attached hydrogens (tertiary/aromatic N) is 1. The van der Waals surface area contributed by atoms with Gasteiger partial charge in [0.1, 0.15) is 5.25 Å². The largest absolute Gasteiger partial charge is 0.351 e. The molecule has 1 heterocycles. The predicted molar refractivity (Wildman–Crippen MR) is 83.9 cm³/mol. The van der Waals surface area contributed by atoms with Crippen molar-refractivity contribution in [1.82, 2.24) is 10.3 Å². The van der Waals surface area contributed by atoms with E-state index in [-0.39, 0.29) is 5.03 Å². The third-order valence-corrected chi connectivity index (χ3v) is 5.45. The number of carbonyl (C=O) groups is 1. The Balaban J connectivity index is 2.08. The summed E-state index contributed by atoms with van der Waals surface area (Å²) in [6.07, 6.45) is 1.39. The number of hydrogen-bond donors (Lipinski definition) is 1. The molecule has 0 saturated carbocycles. The van der Waals surface area contributed by atoms with E-state index in [1.807, 2.05) is 31.2 Å². The highest BCUT2D eigenvalue weighted by Gasteiger charge is 2.30. The van der Waals surface area contributed by atoms with Crippen LogP contribution in [0.5, 0.6) is 0 Å². The van der Waals surface area contributed by atoms with Crippen LogP contribution in [0.1, 0.15) is 18.1 Å². The maximum Gasteiger partial charge on any atom is 0.238 e. The highest BCUT2D eigenvalue weighted by molar-refractivity contribution is 7.92. The summed E-state index contributed by atoms with van der Waals surface area (Å²) in [6, 6.07) is 12.2. The Morgan fingerprint density at radius 2 is 1.86 bits per heavy atom. The Morgan fingerprint density at radius 1 is 1.18 bits per heavy atom. The lowest BCUT2D eigenvalue weighted by molar-refractivity contribution is -0.120. The topological polar surface area (TPSA) is 76.1 Å². The first-order valence-electron chi connectivity index (χ1n) is 6.90. The Bertz CT molecular complexity index is 758. The predicted octanol–water partition coefficient (Wildman–Crippen LogP) is 1.87. The molecule has 1 aromatic heterocycles. The molecule has 0 bridgehead atoms. The van der Waals surface area contributed by atoms with Crippen molar-refractivity contribution in [3.8, 4) is 0 Å². The molecule has 1 amide bonds. The van der Waals surface area contributed by atoms with Crippen molar-refractivity contribution in [2.45, 2.75) is 30.7 Å². The van der Waals surface area contributed by atoms with Gasteiger partial charge in [0.15, 0.2) is 5.03 Å². The molecule has 1 unspecified atom stereocenters.